The molecule has 24 heavy (non-hydrogen) atoms. The summed E-state index contributed by atoms with van der Waals surface area (Å²) in [6, 6.07) is 4.69. The maximum Gasteiger partial charge on any atom is 0.265 e. The summed E-state index contributed by atoms with van der Waals surface area (Å²) in [5.74, 6) is -0.779. The summed E-state index contributed by atoms with van der Waals surface area (Å²) in [5, 5.41) is 3.48. The molecule has 2 bridgehead atoms. The summed E-state index contributed by atoms with van der Waals surface area (Å²) in [4.78, 5) is 27.2. The van der Waals surface area contributed by atoms with Crippen molar-refractivity contribution < 1.29 is 14.0 Å². The zero-order valence-corrected chi connectivity index (χ0v) is 14.4. The van der Waals surface area contributed by atoms with Crippen molar-refractivity contribution in [3.8, 4) is 0 Å². The van der Waals surface area contributed by atoms with E-state index in [4.69, 9.17) is 11.6 Å². The van der Waals surface area contributed by atoms with Gasteiger partial charge in [0.25, 0.3) is 5.91 Å². The van der Waals surface area contributed by atoms with Gasteiger partial charge in [-0.3, -0.25) is 9.59 Å². The van der Waals surface area contributed by atoms with Crippen molar-refractivity contribution in [2.24, 2.45) is 5.92 Å². The maximum absolute atomic E-state index is 14.0. The number of benzene rings is 1. The van der Waals surface area contributed by atoms with Crippen LogP contribution in [0.5, 0.6) is 0 Å². The quantitative estimate of drug-likeness (QED) is 0.840. The fraction of sp³-hybridized carbons (Fsp3) is 0.412. The van der Waals surface area contributed by atoms with Crippen LogP contribution < -0.4 is 5.32 Å². The van der Waals surface area contributed by atoms with Gasteiger partial charge in [0, 0.05) is 29.2 Å². The zero-order valence-electron chi connectivity index (χ0n) is 12.9. The summed E-state index contributed by atoms with van der Waals surface area (Å²) in [6.07, 6.45) is 2.66. The second-order valence-electron chi connectivity index (χ2n) is 6.40. The molecule has 3 heterocycles. The summed E-state index contributed by atoms with van der Waals surface area (Å²) in [6.45, 7) is 0.877. The van der Waals surface area contributed by atoms with E-state index >= 15 is 0 Å². The third-order valence-corrected chi connectivity index (χ3v) is 6.42. The average molecular weight is 367 g/mol. The highest BCUT2D eigenvalue weighted by molar-refractivity contribution is 7.21. The topological polar surface area (TPSA) is 49.4 Å². The Balaban J connectivity index is 1.70. The van der Waals surface area contributed by atoms with Crippen LogP contribution in [0.2, 0.25) is 5.02 Å². The van der Waals surface area contributed by atoms with Gasteiger partial charge in [-0.25, -0.2) is 4.39 Å². The first-order valence-electron chi connectivity index (χ1n) is 8.00. The minimum atomic E-state index is -0.419. The lowest BCUT2D eigenvalue weighted by Gasteiger charge is -2.27. The number of hydrogen-bond acceptors (Lipinski definition) is 3. The normalized spacial score (nSPS) is 23.9. The Kier molecular flexibility index (Phi) is 3.96. The monoisotopic (exact) mass is 366 g/mol. The summed E-state index contributed by atoms with van der Waals surface area (Å²) < 4.78 is 14.7. The molecule has 1 aromatic carbocycles. The predicted molar refractivity (Wildman–Crippen MR) is 92.0 cm³/mol. The first-order valence-corrected chi connectivity index (χ1v) is 9.20. The van der Waals surface area contributed by atoms with Gasteiger partial charge in [0.2, 0.25) is 5.91 Å². The number of thiophene rings is 1. The zero-order chi connectivity index (χ0) is 16.8. The van der Waals surface area contributed by atoms with Gasteiger partial charge in [-0.05, 0) is 25.0 Å². The van der Waals surface area contributed by atoms with Gasteiger partial charge < -0.3 is 10.2 Å². The van der Waals surface area contributed by atoms with Crippen molar-refractivity contribution in [1.82, 2.24) is 10.2 Å². The lowest BCUT2D eigenvalue weighted by atomic mass is 9.99. The first-order chi connectivity index (χ1) is 11.5. The lowest BCUT2D eigenvalue weighted by Crippen LogP contribution is -2.41. The molecule has 2 amide bonds. The number of carbonyl (C=O) groups is 2. The minimum Gasteiger partial charge on any atom is -0.351 e. The van der Waals surface area contributed by atoms with E-state index in [1.165, 1.54) is 17.4 Å². The third-order valence-electron chi connectivity index (χ3n) is 4.79. The number of hydrogen-bond donors (Lipinski definition) is 1. The van der Waals surface area contributed by atoms with Gasteiger partial charge >= 0.3 is 0 Å². The molecule has 2 saturated heterocycles. The smallest absolute Gasteiger partial charge is 0.265 e. The van der Waals surface area contributed by atoms with E-state index in [-0.39, 0.29) is 28.8 Å². The van der Waals surface area contributed by atoms with Crippen LogP contribution in [0.4, 0.5) is 4.39 Å². The molecule has 2 aromatic rings. The van der Waals surface area contributed by atoms with E-state index < -0.39 is 5.82 Å². The van der Waals surface area contributed by atoms with Gasteiger partial charge in [-0.15, -0.1) is 11.3 Å². The molecule has 126 valence electrons. The highest BCUT2D eigenvalue weighted by Crippen LogP contribution is 2.38. The number of rotatable bonds is 1. The average Bonchev–Trinajstić information content (AvgIpc) is 2.66. The van der Waals surface area contributed by atoms with Crippen LogP contribution in [-0.4, -0.2) is 35.8 Å². The van der Waals surface area contributed by atoms with Crippen molar-refractivity contribution in [3.63, 3.8) is 0 Å². The second kappa shape index (κ2) is 6.01. The molecule has 0 aliphatic carbocycles. The van der Waals surface area contributed by atoms with Crippen LogP contribution in [0, 0.1) is 11.7 Å². The highest BCUT2D eigenvalue weighted by atomic mass is 35.5. The Hall–Kier alpha value is -1.66. The van der Waals surface area contributed by atoms with Crippen LogP contribution in [0.15, 0.2) is 18.2 Å². The Morgan fingerprint density at radius 1 is 1.33 bits per heavy atom. The summed E-state index contributed by atoms with van der Waals surface area (Å²) >= 11 is 7.51. The molecule has 0 radical (unpaired) electrons. The van der Waals surface area contributed by atoms with E-state index in [0.717, 1.165) is 19.3 Å². The Morgan fingerprint density at radius 3 is 2.96 bits per heavy atom. The largest absolute Gasteiger partial charge is 0.351 e. The van der Waals surface area contributed by atoms with Gasteiger partial charge in [0.15, 0.2) is 0 Å². The van der Waals surface area contributed by atoms with Crippen molar-refractivity contribution in [3.05, 3.63) is 33.9 Å². The van der Waals surface area contributed by atoms with Gasteiger partial charge in [-0.1, -0.05) is 24.1 Å². The molecular formula is C17H16ClFN2O2S. The van der Waals surface area contributed by atoms with Crippen LogP contribution >= 0.6 is 22.9 Å². The molecule has 2 aliphatic heterocycles. The fourth-order valence-electron chi connectivity index (χ4n) is 3.57. The Labute approximate surface area is 147 Å². The van der Waals surface area contributed by atoms with Crippen LogP contribution in [-0.2, 0) is 4.79 Å². The van der Waals surface area contributed by atoms with E-state index in [9.17, 15) is 14.0 Å². The molecule has 4 rings (SSSR count). The van der Waals surface area contributed by atoms with Crippen molar-refractivity contribution in [1.29, 1.82) is 0 Å². The van der Waals surface area contributed by atoms with Gasteiger partial charge in [-0.2, -0.15) is 0 Å². The molecule has 2 fully saturated rings. The molecule has 0 unspecified atom stereocenters. The Bertz CT molecular complexity index is 837. The van der Waals surface area contributed by atoms with Gasteiger partial charge in [0.1, 0.15) is 10.7 Å². The third kappa shape index (κ3) is 2.58. The van der Waals surface area contributed by atoms with Gasteiger partial charge in [0.05, 0.1) is 10.9 Å². The minimum absolute atomic E-state index is 0.0150. The molecule has 2 aliphatic rings. The molecule has 0 saturated carbocycles. The van der Waals surface area contributed by atoms with E-state index in [2.05, 4.69) is 5.32 Å². The number of likely N-dealkylation sites (tertiary alicyclic amines) is 1. The number of halogens is 2. The second-order valence-corrected chi connectivity index (χ2v) is 7.83. The van der Waals surface area contributed by atoms with Crippen molar-refractivity contribution >= 4 is 44.8 Å². The van der Waals surface area contributed by atoms with E-state index in [1.54, 1.807) is 17.0 Å². The van der Waals surface area contributed by atoms with E-state index in [1.807, 2.05) is 0 Å². The number of amides is 2. The van der Waals surface area contributed by atoms with Crippen LogP contribution in [0.1, 0.15) is 28.9 Å². The predicted octanol–water partition coefficient (Wildman–Crippen LogP) is 3.43. The highest BCUT2D eigenvalue weighted by Gasteiger charge is 2.35. The number of nitrogens with zero attached hydrogens (tertiary/aromatic N) is 1. The molecule has 4 nitrogen and oxygen atoms in total. The molecular weight excluding hydrogens is 351 g/mol. The van der Waals surface area contributed by atoms with E-state index in [0.29, 0.717) is 28.1 Å². The first kappa shape index (κ1) is 15.8. The maximum atomic E-state index is 14.0. The van der Waals surface area contributed by atoms with Crippen molar-refractivity contribution in [2.75, 3.05) is 13.1 Å². The standard InChI is InChI=1S/C17H16ClFN2O2S/c18-14-13-11(19)5-2-6-12(13)24-15(14)17(23)21-7-9-3-1-4-10(8-21)20-16(9)22/h2,5-6,9-10H,1,3-4,7-8H2,(H,20,22)/t9-,10-/m1/s1. The summed E-state index contributed by atoms with van der Waals surface area (Å²) in [7, 11) is 0. The summed E-state index contributed by atoms with van der Waals surface area (Å²) in [5.41, 5.74) is 0. The number of carbonyl (C=O) groups excluding carboxylic acids is 2. The Morgan fingerprint density at radius 2 is 2.17 bits per heavy atom. The number of nitrogens with one attached hydrogen (secondary N) is 1. The molecule has 7 heteroatoms. The molecule has 1 N–H and O–H groups in total. The molecule has 0 spiro atoms. The SMILES string of the molecule is O=C1N[C@@H]2CCC[C@@H]1CN(C(=O)c1sc3cccc(F)c3c1Cl)C2. The van der Waals surface area contributed by atoms with Crippen LogP contribution in [0.3, 0.4) is 0 Å². The van der Waals surface area contributed by atoms with Crippen molar-refractivity contribution in [2.45, 2.75) is 25.3 Å². The molecule has 1 aromatic heterocycles. The number of fused-ring (bicyclic) bond motifs is 4. The fourth-order valence-corrected chi connectivity index (χ4v) is 5.09. The lowest BCUT2D eigenvalue weighted by molar-refractivity contribution is -0.124. The molecule has 2 atom stereocenters. The van der Waals surface area contributed by atoms with Crippen LogP contribution in [0.25, 0.3) is 10.1 Å².